The fourth-order valence-corrected chi connectivity index (χ4v) is 2.57. The number of ether oxygens (including phenoxy) is 2. The van der Waals surface area contributed by atoms with Crippen molar-refractivity contribution >= 4 is 5.91 Å². The summed E-state index contributed by atoms with van der Waals surface area (Å²) < 4.78 is 15.8. The van der Waals surface area contributed by atoms with Crippen LogP contribution in [0.5, 0.6) is 5.75 Å². The summed E-state index contributed by atoms with van der Waals surface area (Å²) in [5.74, 6) is 1.41. The molecule has 116 valence electrons. The molecule has 0 aliphatic carbocycles. The zero-order valence-corrected chi connectivity index (χ0v) is 12.6. The first-order chi connectivity index (χ1) is 10.6. The van der Waals surface area contributed by atoms with Crippen LogP contribution in [0.25, 0.3) is 11.3 Å². The van der Waals surface area contributed by atoms with E-state index in [1.54, 1.807) is 7.11 Å². The van der Waals surface area contributed by atoms with Gasteiger partial charge in [0.05, 0.1) is 31.6 Å². The number of methoxy groups -OCH3 is 1. The lowest BCUT2D eigenvalue weighted by molar-refractivity contribution is -0.130. The summed E-state index contributed by atoms with van der Waals surface area (Å²) in [4.78, 5) is 11.3. The van der Waals surface area contributed by atoms with Crippen molar-refractivity contribution in [3.05, 3.63) is 36.0 Å². The quantitative estimate of drug-likeness (QED) is 0.911. The van der Waals surface area contributed by atoms with E-state index in [1.165, 1.54) is 6.92 Å². The van der Waals surface area contributed by atoms with E-state index in [0.29, 0.717) is 25.4 Å². The second kappa shape index (κ2) is 5.81. The van der Waals surface area contributed by atoms with Crippen molar-refractivity contribution in [2.75, 3.05) is 20.3 Å². The van der Waals surface area contributed by atoms with E-state index >= 15 is 0 Å². The first-order valence-corrected chi connectivity index (χ1v) is 7.07. The third kappa shape index (κ3) is 2.96. The lowest BCUT2D eigenvalue weighted by Gasteiger charge is -2.41. The van der Waals surface area contributed by atoms with Gasteiger partial charge >= 0.3 is 0 Å². The minimum Gasteiger partial charge on any atom is -0.497 e. The number of carbonyl (C=O) groups is 1. The van der Waals surface area contributed by atoms with Gasteiger partial charge in [-0.3, -0.25) is 4.79 Å². The summed E-state index contributed by atoms with van der Waals surface area (Å²) >= 11 is 0. The SMILES string of the molecule is COc1ccc(-c2cc(CC3(NC(C)=O)COC3)no2)cc1. The van der Waals surface area contributed by atoms with Gasteiger partial charge in [-0.1, -0.05) is 5.16 Å². The Labute approximate surface area is 128 Å². The Kier molecular flexibility index (Phi) is 3.85. The maximum Gasteiger partial charge on any atom is 0.217 e. The molecule has 6 heteroatoms. The third-order valence-electron chi connectivity index (χ3n) is 3.65. The van der Waals surface area contributed by atoms with Crippen molar-refractivity contribution < 1.29 is 18.8 Å². The zero-order valence-electron chi connectivity index (χ0n) is 12.6. The Morgan fingerprint density at radius 2 is 2.09 bits per heavy atom. The van der Waals surface area contributed by atoms with Crippen LogP contribution in [0.3, 0.4) is 0 Å². The molecule has 1 amide bonds. The van der Waals surface area contributed by atoms with Crippen LogP contribution >= 0.6 is 0 Å². The van der Waals surface area contributed by atoms with E-state index < -0.39 is 0 Å². The number of hydrogen-bond acceptors (Lipinski definition) is 5. The van der Waals surface area contributed by atoms with Crippen LogP contribution in [0.4, 0.5) is 0 Å². The van der Waals surface area contributed by atoms with E-state index in [0.717, 1.165) is 17.0 Å². The molecule has 1 fully saturated rings. The highest BCUT2D eigenvalue weighted by Gasteiger charge is 2.40. The van der Waals surface area contributed by atoms with E-state index in [2.05, 4.69) is 10.5 Å². The van der Waals surface area contributed by atoms with Gasteiger partial charge in [-0.15, -0.1) is 0 Å². The van der Waals surface area contributed by atoms with Crippen molar-refractivity contribution in [2.45, 2.75) is 18.9 Å². The summed E-state index contributed by atoms with van der Waals surface area (Å²) in [5.41, 5.74) is 1.36. The fourth-order valence-electron chi connectivity index (χ4n) is 2.57. The van der Waals surface area contributed by atoms with Gasteiger partial charge < -0.3 is 19.3 Å². The molecule has 0 saturated carbocycles. The minimum absolute atomic E-state index is 0.0674. The number of nitrogens with zero attached hydrogens (tertiary/aromatic N) is 1. The monoisotopic (exact) mass is 302 g/mol. The van der Waals surface area contributed by atoms with Crippen molar-refractivity contribution in [3.63, 3.8) is 0 Å². The minimum atomic E-state index is -0.361. The molecule has 1 aliphatic rings. The Hall–Kier alpha value is -2.34. The number of carbonyl (C=O) groups excluding carboxylic acids is 1. The first kappa shape index (κ1) is 14.6. The number of nitrogens with one attached hydrogen (secondary N) is 1. The molecule has 3 rings (SSSR count). The van der Waals surface area contributed by atoms with Crippen LogP contribution in [0.15, 0.2) is 34.9 Å². The number of aromatic nitrogens is 1. The van der Waals surface area contributed by atoms with Gasteiger partial charge in [-0.2, -0.15) is 0 Å². The lowest BCUT2D eigenvalue weighted by Crippen LogP contribution is -2.63. The molecule has 1 aliphatic heterocycles. The van der Waals surface area contributed by atoms with Gasteiger partial charge in [0, 0.05) is 25.0 Å². The summed E-state index contributed by atoms with van der Waals surface area (Å²) in [7, 11) is 1.63. The highest BCUT2D eigenvalue weighted by Crippen LogP contribution is 2.26. The van der Waals surface area contributed by atoms with Crippen molar-refractivity contribution in [2.24, 2.45) is 0 Å². The Balaban J connectivity index is 1.74. The van der Waals surface area contributed by atoms with E-state index in [1.807, 2.05) is 30.3 Å². The standard InChI is InChI=1S/C16H18N2O4/c1-11(19)17-16(9-21-10-16)8-13-7-15(22-18-13)12-3-5-14(20-2)6-4-12/h3-7H,8-10H2,1-2H3,(H,17,19). The molecular weight excluding hydrogens is 284 g/mol. The second-order valence-corrected chi connectivity index (χ2v) is 5.54. The molecule has 0 spiro atoms. The first-order valence-electron chi connectivity index (χ1n) is 7.07. The van der Waals surface area contributed by atoms with Crippen LogP contribution in [0.1, 0.15) is 12.6 Å². The second-order valence-electron chi connectivity index (χ2n) is 5.54. The summed E-state index contributed by atoms with van der Waals surface area (Å²) in [6, 6.07) is 9.47. The summed E-state index contributed by atoms with van der Waals surface area (Å²) in [6.45, 7) is 2.50. The van der Waals surface area contributed by atoms with E-state index in [4.69, 9.17) is 14.0 Å². The molecule has 1 saturated heterocycles. The molecular formula is C16H18N2O4. The molecule has 22 heavy (non-hydrogen) atoms. The van der Waals surface area contributed by atoms with Gasteiger partial charge in [0.15, 0.2) is 5.76 Å². The molecule has 1 aromatic heterocycles. The molecule has 0 bridgehead atoms. The summed E-state index contributed by atoms with van der Waals surface area (Å²) in [6.07, 6.45) is 0.590. The van der Waals surface area contributed by atoms with Gasteiger partial charge in [-0.25, -0.2) is 0 Å². The van der Waals surface area contributed by atoms with E-state index in [-0.39, 0.29) is 11.4 Å². The largest absolute Gasteiger partial charge is 0.497 e. The fraction of sp³-hybridized carbons (Fsp3) is 0.375. The van der Waals surface area contributed by atoms with Gasteiger partial charge in [0.25, 0.3) is 0 Å². The molecule has 6 nitrogen and oxygen atoms in total. The van der Waals surface area contributed by atoms with Gasteiger partial charge in [-0.05, 0) is 24.3 Å². The molecule has 1 N–H and O–H groups in total. The van der Waals surface area contributed by atoms with Crippen molar-refractivity contribution in [1.82, 2.24) is 10.5 Å². The van der Waals surface area contributed by atoms with Crippen LogP contribution in [0.2, 0.25) is 0 Å². The van der Waals surface area contributed by atoms with Crippen molar-refractivity contribution in [1.29, 1.82) is 0 Å². The topological polar surface area (TPSA) is 73.6 Å². The van der Waals surface area contributed by atoms with Gasteiger partial charge in [0.2, 0.25) is 5.91 Å². The average Bonchev–Trinajstić information content (AvgIpc) is 2.93. The summed E-state index contributed by atoms with van der Waals surface area (Å²) in [5, 5.41) is 7.04. The molecule has 1 aromatic carbocycles. The Morgan fingerprint density at radius 3 is 2.64 bits per heavy atom. The highest BCUT2D eigenvalue weighted by molar-refractivity contribution is 5.74. The molecule has 0 radical (unpaired) electrons. The predicted molar refractivity (Wildman–Crippen MR) is 79.6 cm³/mol. The Bertz CT molecular complexity index is 659. The Morgan fingerprint density at radius 1 is 1.36 bits per heavy atom. The average molecular weight is 302 g/mol. The van der Waals surface area contributed by atoms with Crippen LogP contribution in [-0.4, -0.2) is 36.9 Å². The van der Waals surface area contributed by atoms with Crippen molar-refractivity contribution in [3.8, 4) is 17.1 Å². The maximum absolute atomic E-state index is 11.3. The molecule has 2 aromatic rings. The molecule has 0 unspecified atom stereocenters. The normalized spacial score (nSPS) is 15.9. The third-order valence-corrected chi connectivity index (χ3v) is 3.65. The van der Waals surface area contributed by atoms with Crippen LogP contribution in [-0.2, 0) is 16.0 Å². The van der Waals surface area contributed by atoms with Gasteiger partial charge in [0.1, 0.15) is 5.75 Å². The zero-order chi connectivity index (χ0) is 15.6. The molecule has 2 heterocycles. The lowest BCUT2D eigenvalue weighted by atomic mass is 9.91. The number of benzene rings is 1. The van der Waals surface area contributed by atoms with Crippen LogP contribution < -0.4 is 10.1 Å². The maximum atomic E-state index is 11.3. The van der Waals surface area contributed by atoms with E-state index in [9.17, 15) is 4.79 Å². The smallest absolute Gasteiger partial charge is 0.217 e. The van der Waals surface area contributed by atoms with Crippen LogP contribution in [0, 0.1) is 0 Å². The predicted octanol–water partition coefficient (Wildman–Crippen LogP) is 1.80. The molecule has 0 atom stereocenters. The highest BCUT2D eigenvalue weighted by atomic mass is 16.5. The number of amides is 1. The number of rotatable bonds is 5. The number of hydrogen-bond donors (Lipinski definition) is 1.